The van der Waals surface area contributed by atoms with Crippen LogP contribution in [0.4, 0.5) is 5.69 Å². The zero-order valence-electron chi connectivity index (χ0n) is 9.87. The number of aromatic nitrogens is 1. The molecule has 3 aromatic rings. The van der Waals surface area contributed by atoms with Crippen molar-refractivity contribution in [3.05, 3.63) is 60.5 Å². The number of fused-ring (bicyclic) bond motifs is 1. The van der Waals surface area contributed by atoms with E-state index in [-0.39, 0.29) is 0 Å². The summed E-state index contributed by atoms with van der Waals surface area (Å²) in [4.78, 5) is 21.0. The van der Waals surface area contributed by atoms with Crippen LogP contribution in [0.3, 0.4) is 0 Å². The second-order valence-electron chi connectivity index (χ2n) is 3.86. The molecule has 3 rings (SSSR count). The Balaban J connectivity index is 1.79. The van der Waals surface area contributed by atoms with E-state index in [1.54, 1.807) is 30.3 Å². The van der Waals surface area contributed by atoms with E-state index in [4.69, 9.17) is 9.25 Å². The molecule has 19 heavy (non-hydrogen) atoms. The van der Waals surface area contributed by atoms with Gasteiger partial charge in [0.1, 0.15) is 5.52 Å². The second kappa shape index (κ2) is 4.81. The van der Waals surface area contributed by atoms with Gasteiger partial charge in [0, 0.05) is 0 Å². The van der Waals surface area contributed by atoms with Crippen LogP contribution in [0.2, 0.25) is 0 Å². The Hall–Kier alpha value is -2.82. The van der Waals surface area contributed by atoms with Gasteiger partial charge >= 0.3 is 5.97 Å². The third-order valence-corrected chi connectivity index (χ3v) is 2.62. The van der Waals surface area contributed by atoms with Gasteiger partial charge in [-0.25, -0.2) is 15.3 Å². The zero-order chi connectivity index (χ0) is 13.1. The standard InChI is InChI=1S/C14H10N2O3/c17-14(19-16-10-5-2-1-3-6-10)11-7-4-8-12-13(11)15-9-18-12/h1-9,16H. The Labute approximate surface area is 108 Å². The van der Waals surface area contributed by atoms with E-state index in [0.29, 0.717) is 22.4 Å². The molecule has 94 valence electrons. The van der Waals surface area contributed by atoms with E-state index in [9.17, 15) is 4.79 Å². The molecule has 0 aliphatic rings. The summed E-state index contributed by atoms with van der Waals surface area (Å²) in [6, 6.07) is 14.2. The fourth-order valence-electron chi connectivity index (χ4n) is 1.72. The molecule has 1 aromatic heterocycles. The lowest BCUT2D eigenvalue weighted by Gasteiger charge is -2.06. The summed E-state index contributed by atoms with van der Waals surface area (Å²) in [5, 5.41) is 0. The third-order valence-electron chi connectivity index (χ3n) is 2.62. The van der Waals surface area contributed by atoms with E-state index in [1.807, 2.05) is 18.2 Å². The molecule has 0 aliphatic heterocycles. The Bertz CT molecular complexity index is 707. The largest absolute Gasteiger partial charge is 0.443 e. The van der Waals surface area contributed by atoms with Crippen LogP contribution in [-0.4, -0.2) is 11.0 Å². The smallest absolute Gasteiger partial charge is 0.365 e. The third kappa shape index (κ3) is 2.26. The van der Waals surface area contributed by atoms with E-state index in [1.165, 1.54) is 6.39 Å². The molecular formula is C14H10N2O3. The van der Waals surface area contributed by atoms with Crippen LogP contribution in [0.15, 0.2) is 59.3 Å². The normalized spacial score (nSPS) is 10.3. The number of nitrogens with one attached hydrogen (secondary N) is 1. The second-order valence-corrected chi connectivity index (χ2v) is 3.86. The molecule has 2 aromatic carbocycles. The van der Waals surface area contributed by atoms with Crippen molar-refractivity contribution in [2.24, 2.45) is 0 Å². The zero-order valence-corrected chi connectivity index (χ0v) is 9.87. The predicted molar refractivity (Wildman–Crippen MR) is 69.5 cm³/mol. The monoisotopic (exact) mass is 254 g/mol. The first kappa shape index (κ1) is 11.3. The van der Waals surface area contributed by atoms with Gasteiger partial charge in [-0.1, -0.05) is 24.3 Å². The van der Waals surface area contributed by atoms with Crippen molar-refractivity contribution >= 4 is 22.8 Å². The molecule has 5 nitrogen and oxygen atoms in total. The van der Waals surface area contributed by atoms with E-state index in [0.717, 1.165) is 0 Å². The maximum Gasteiger partial charge on any atom is 0.365 e. The molecular weight excluding hydrogens is 244 g/mol. The van der Waals surface area contributed by atoms with Gasteiger partial charge in [-0.15, -0.1) is 0 Å². The summed E-state index contributed by atoms with van der Waals surface area (Å²) in [7, 11) is 0. The van der Waals surface area contributed by atoms with Crippen molar-refractivity contribution in [1.82, 2.24) is 4.98 Å². The Morgan fingerprint density at radius 1 is 1.11 bits per heavy atom. The number of anilines is 1. The minimum Gasteiger partial charge on any atom is -0.443 e. The van der Waals surface area contributed by atoms with Gasteiger partial charge in [0.15, 0.2) is 12.0 Å². The SMILES string of the molecule is O=C(ONc1ccccc1)c1cccc2ocnc12. The molecule has 0 atom stereocenters. The molecule has 1 N–H and O–H groups in total. The molecule has 0 bridgehead atoms. The van der Waals surface area contributed by atoms with Crippen molar-refractivity contribution in [3.63, 3.8) is 0 Å². The first-order valence-corrected chi connectivity index (χ1v) is 5.69. The van der Waals surface area contributed by atoms with Crippen LogP contribution >= 0.6 is 0 Å². The number of para-hydroxylation sites is 2. The molecule has 1 heterocycles. The van der Waals surface area contributed by atoms with Crippen LogP contribution < -0.4 is 5.48 Å². The van der Waals surface area contributed by atoms with Gasteiger partial charge in [0.2, 0.25) is 0 Å². The summed E-state index contributed by atoms with van der Waals surface area (Å²) < 4.78 is 5.13. The van der Waals surface area contributed by atoms with E-state index in [2.05, 4.69) is 10.5 Å². The minimum absolute atomic E-state index is 0.356. The molecule has 0 spiro atoms. The lowest BCUT2D eigenvalue weighted by atomic mass is 10.2. The maximum absolute atomic E-state index is 12.0. The van der Waals surface area contributed by atoms with Crippen molar-refractivity contribution in [3.8, 4) is 0 Å². The summed E-state index contributed by atoms with van der Waals surface area (Å²) in [5.74, 6) is -0.511. The average Bonchev–Trinajstić information content (AvgIpc) is 2.94. The lowest BCUT2D eigenvalue weighted by molar-refractivity contribution is 0.0598. The maximum atomic E-state index is 12.0. The van der Waals surface area contributed by atoms with Gasteiger partial charge in [-0.3, -0.25) is 0 Å². The predicted octanol–water partition coefficient (Wildman–Crippen LogP) is 3.01. The van der Waals surface area contributed by atoms with Gasteiger partial charge in [-0.05, 0) is 24.3 Å². The Morgan fingerprint density at radius 2 is 1.95 bits per heavy atom. The number of nitrogens with zero attached hydrogens (tertiary/aromatic N) is 1. The van der Waals surface area contributed by atoms with Crippen LogP contribution in [0, 0.1) is 0 Å². The number of oxazole rings is 1. The van der Waals surface area contributed by atoms with Gasteiger partial charge < -0.3 is 9.25 Å². The number of carbonyl (C=O) groups is 1. The molecule has 0 fully saturated rings. The van der Waals surface area contributed by atoms with Crippen molar-refractivity contribution in [1.29, 1.82) is 0 Å². The lowest BCUT2D eigenvalue weighted by Crippen LogP contribution is -2.11. The summed E-state index contributed by atoms with van der Waals surface area (Å²) >= 11 is 0. The van der Waals surface area contributed by atoms with Gasteiger partial charge in [0.25, 0.3) is 0 Å². The first-order chi connectivity index (χ1) is 9.34. The molecule has 0 aliphatic carbocycles. The quantitative estimate of drug-likeness (QED) is 0.728. The molecule has 0 amide bonds. The van der Waals surface area contributed by atoms with E-state index >= 15 is 0 Å². The van der Waals surface area contributed by atoms with Gasteiger partial charge in [0.05, 0.1) is 11.3 Å². The molecule has 0 unspecified atom stereocenters. The number of benzene rings is 2. The van der Waals surface area contributed by atoms with Crippen LogP contribution in [0.25, 0.3) is 11.1 Å². The summed E-state index contributed by atoms with van der Waals surface area (Å²) in [6.45, 7) is 0. The van der Waals surface area contributed by atoms with Crippen LogP contribution in [-0.2, 0) is 4.84 Å². The summed E-state index contributed by atoms with van der Waals surface area (Å²) in [6.07, 6.45) is 1.30. The van der Waals surface area contributed by atoms with Crippen molar-refractivity contribution in [2.75, 3.05) is 5.48 Å². The fourth-order valence-corrected chi connectivity index (χ4v) is 1.72. The first-order valence-electron chi connectivity index (χ1n) is 5.69. The number of rotatable bonds is 3. The molecule has 5 heteroatoms. The fraction of sp³-hybridized carbons (Fsp3) is 0. The number of hydrogen-bond acceptors (Lipinski definition) is 5. The van der Waals surface area contributed by atoms with Crippen molar-refractivity contribution in [2.45, 2.75) is 0 Å². The van der Waals surface area contributed by atoms with Crippen molar-refractivity contribution < 1.29 is 14.0 Å². The highest BCUT2D eigenvalue weighted by Gasteiger charge is 2.14. The highest BCUT2D eigenvalue weighted by atomic mass is 16.7. The van der Waals surface area contributed by atoms with Crippen LogP contribution in [0.1, 0.15) is 10.4 Å². The van der Waals surface area contributed by atoms with E-state index < -0.39 is 5.97 Å². The minimum atomic E-state index is -0.511. The highest BCUT2D eigenvalue weighted by Crippen LogP contribution is 2.18. The summed E-state index contributed by atoms with van der Waals surface area (Å²) in [5.41, 5.74) is 4.68. The number of carbonyl (C=O) groups excluding carboxylic acids is 1. The van der Waals surface area contributed by atoms with Gasteiger partial charge in [-0.2, -0.15) is 0 Å². The van der Waals surface area contributed by atoms with Crippen LogP contribution in [0.5, 0.6) is 0 Å². The average molecular weight is 254 g/mol. The Kier molecular flexibility index (Phi) is 2.86. The highest BCUT2D eigenvalue weighted by molar-refractivity contribution is 6.01. The Morgan fingerprint density at radius 3 is 2.79 bits per heavy atom. The number of hydrogen-bond donors (Lipinski definition) is 1. The topological polar surface area (TPSA) is 64.4 Å². The molecule has 0 saturated heterocycles. The molecule has 0 radical (unpaired) electrons. The molecule has 0 saturated carbocycles.